The smallest absolute Gasteiger partial charge is 0.394 e. The predicted octanol–water partition coefficient (Wildman–Crippen LogP) is -0.0212. The van der Waals surface area contributed by atoms with Crippen LogP contribution in [-0.2, 0) is 9.59 Å². The summed E-state index contributed by atoms with van der Waals surface area (Å²) in [5.41, 5.74) is 0.130. The summed E-state index contributed by atoms with van der Waals surface area (Å²) in [5.74, 6) is 1.21. The molecule has 0 bridgehead atoms. The summed E-state index contributed by atoms with van der Waals surface area (Å²) in [6, 6.07) is 4.06. The Bertz CT molecular complexity index is 613. The number of carboxylic acids is 2. The van der Waals surface area contributed by atoms with Crippen LogP contribution >= 0.6 is 0 Å². The van der Waals surface area contributed by atoms with Gasteiger partial charge in [-0.05, 0) is 25.2 Å². The van der Waals surface area contributed by atoms with Gasteiger partial charge < -0.3 is 20.8 Å². The molecule has 104 valence electrons. The van der Waals surface area contributed by atoms with Gasteiger partial charge in [0, 0.05) is 5.56 Å². The minimum atomic E-state index is -1.70. The highest BCUT2D eigenvalue weighted by Gasteiger charge is 2.16. The Morgan fingerprint density at radius 1 is 1.25 bits per heavy atom. The van der Waals surface area contributed by atoms with Crippen molar-refractivity contribution in [3.05, 3.63) is 29.3 Å². The zero-order valence-corrected chi connectivity index (χ0v) is 10.6. The largest absolute Gasteiger partial charge is 0.478 e. The number of rotatable bonds is 3. The summed E-state index contributed by atoms with van der Waals surface area (Å²) < 4.78 is 0. The number of benzene rings is 1. The Labute approximate surface area is 114 Å². The van der Waals surface area contributed by atoms with Crippen LogP contribution in [0.15, 0.2) is 18.2 Å². The number of aliphatic carboxylic acids is 1. The van der Waals surface area contributed by atoms with Crippen LogP contribution in [-0.4, -0.2) is 41.7 Å². The Balaban J connectivity index is 3.09. The maximum absolute atomic E-state index is 11.1. The van der Waals surface area contributed by atoms with Crippen LogP contribution < -0.4 is 10.6 Å². The zero-order valence-electron chi connectivity index (χ0n) is 10.6. The second-order valence-electron chi connectivity index (χ2n) is 3.66. The van der Waals surface area contributed by atoms with E-state index in [9.17, 15) is 14.4 Å². The number of amides is 1. The van der Waals surface area contributed by atoms with E-state index in [2.05, 4.69) is 17.2 Å². The van der Waals surface area contributed by atoms with Gasteiger partial charge in [0.05, 0.1) is 17.8 Å². The molecule has 0 fully saturated rings. The number of anilines is 1. The number of carbonyl (C=O) groups excluding carboxylic acids is 1. The van der Waals surface area contributed by atoms with Gasteiger partial charge >= 0.3 is 17.8 Å². The average molecular weight is 276 g/mol. The average Bonchev–Trinajstić information content (AvgIpc) is 2.40. The SMILES string of the molecule is CNCC#Cc1ccc(NC(=O)C(=O)O)c(C(=O)O)c1. The standard InChI is InChI=1S/C13H12N2O5/c1-14-6-2-3-8-4-5-10(9(7-8)12(17)18)15-11(16)13(19)20/h4-5,7,14H,6H2,1H3,(H,15,16)(H,17,18)(H,19,20). The lowest BCUT2D eigenvalue weighted by Gasteiger charge is -2.06. The van der Waals surface area contributed by atoms with Crippen LogP contribution in [0.1, 0.15) is 15.9 Å². The first-order valence-electron chi connectivity index (χ1n) is 5.50. The monoisotopic (exact) mass is 276 g/mol. The molecule has 0 saturated carbocycles. The van der Waals surface area contributed by atoms with Crippen molar-refractivity contribution >= 4 is 23.5 Å². The lowest BCUT2D eigenvalue weighted by molar-refractivity contribution is -0.147. The van der Waals surface area contributed by atoms with Crippen LogP contribution in [0.25, 0.3) is 0 Å². The third-order valence-electron chi connectivity index (χ3n) is 2.19. The number of nitrogens with one attached hydrogen (secondary N) is 2. The van der Waals surface area contributed by atoms with E-state index in [1.165, 1.54) is 18.2 Å². The lowest BCUT2D eigenvalue weighted by Crippen LogP contribution is -2.23. The molecule has 7 heteroatoms. The molecule has 20 heavy (non-hydrogen) atoms. The lowest BCUT2D eigenvalue weighted by atomic mass is 10.1. The number of hydrogen-bond acceptors (Lipinski definition) is 4. The third kappa shape index (κ3) is 4.12. The van der Waals surface area contributed by atoms with Gasteiger partial charge in [-0.15, -0.1) is 0 Å². The second-order valence-corrected chi connectivity index (χ2v) is 3.66. The molecule has 0 aliphatic carbocycles. The van der Waals surface area contributed by atoms with Crippen molar-refractivity contribution in [2.45, 2.75) is 0 Å². The molecular weight excluding hydrogens is 264 g/mol. The van der Waals surface area contributed by atoms with Gasteiger partial charge in [0.2, 0.25) is 0 Å². The molecule has 1 rings (SSSR count). The van der Waals surface area contributed by atoms with Crippen molar-refractivity contribution in [2.24, 2.45) is 0 Å². The molecule has 0 heterocycles. The topological polar surface area (TPSA) is 116 Å². The van der Waals surface area contributed by atoms with Crippen LogP contribution in [0.4, 0.5) is 5.69 Å². The fourth-order valence-corrected chi connectivity index (χ4v) is 1.32. The number of hydrogen-bond donors (Lipinski definition) is 4. The second kappa shape index (κ2) is 6.92. The van der Waals surface area contributed by atoms with Gasteiger partial charge in [-0.1, -0.05) is 11.8 Å². The van der Waals surface area contributed by atoms with E-state index in [1.807, 2.05) is 5.32 Å². The van der Waals surface area contributed by atoms with E-state index in [0.29, 0.717) is 12.1 Å². The van der Waals surface area contributed by atoms with Gasteiger partial charge in [-0.2, -0.15) is 0 Å². The summed E-state index contributed by atoms with van der Waals surface area (Å²) >= 11 is 0. The molecule has 1 aromatic rings. The highest BCUT2D eigenvalue weighted by atomic mass is 16.4. The molecule has 1 aromatic carbocycles. The maximum atomic E-state index is 11.1. The Morgan fingerprint density at radius 2 is 1.95 bits per heavy atom. The van der Waals surface area contributed by atoms with Crippen LogP contribution in [0.3, 0.4) is 0 Å². The molecule has 0 radical (unpaired) electrons. The molecule has 0 aliphatic rings. The van der Waals surface area contributed by atoms with Crippen molar-refractivity contribution < 1.29 is 24.6 Å². The van der Waals surface area contributed by atoms with E-state index in [1.54, 1.807) is 7.05 Å². The summed E-state index contributed by atoms with van der Waals surface area (Å²) in [6.07, 6.45) is 0. The van der Waals surface area contributed by atoms with E-state index in [-0.39, 0.29) is 11.3 Å². The Hall–Kier alpha value is -2.85. The molecule has 0 spiro atoms. The Kier molecular flexibility index (Phi) is 5.26. The molecule has 0 atom stereocenters. The van der Waals surface area contributed by atoms with Crippen molar-refractivity contribution in [1.29, 1.82) is 0 Å². The molecule has 7 nitrogen and oxygen atoms in total. The van der Waals surface area contributed by atoms with Crippen molar-refractivity contribution in [3.8, 4) is 11.8 Å². The van der Waals surface area contributed by atoms with Gasteiger partial charge in [0.1, 0.15) is 0 Å². The molecular formula is C13H12N2O5. The first kappa shape index (κ1) is 15.2. The molecule has 0 aliphatic heterocycles. The van der Waals surface area contributed by atoms with E-state index in [0.717, 1.165) is 0 Å². The van der Waals surface area contributed by atoms with Crippen molar-refractivity contribution in [2.75, 3.05) is 18.9 Å². The Morgan fingerprint density at radius 3 is 2.50 bits per heavy atom. The number of carboxylic acid groups (broad SMARTS) is 2. The van der Waals surface area contributed by atoms with Crippen LogP contribution in [0.2, 0.25) is 0 Å². The molecule has 1 amide bonds. The summed E-state index contributed by atoms with van der Waals surface area (Å²) in [6.45, 7) is 0.444. The first-order chi connectivity index (χ1) is 9.45. The molecule has 0 unspecified atom stereocenters. The third-order valence-corrected chi connectivity index (χ3v) is 2.19. The van der Waals surface area contributed by atoms with Gasteiger partial charge in [-0.25, -0.2) is 9.59 Å². The maximum Gasteiger partial charge on any atom is 0.394 e. The molecule has 0 aromatic heterocycles. The summed E-state index contributed by atoms with van der Waals surface area (Å²) in [5, 5.41) is 22.4. The van der Waals surface area contributed by atoms with Gasteiger partial charge in [0.15, 0.2) is 0 Å². The minimum absolute atomic E-state index is 0.0935. The van der Waals surface area contributed by atoms with Crippen LogP contribution in [0, 0.1) is 11.8 Å². The first-order valence-corrected chi connectivity index (χ1v) is 5.50. The van der Waals surface area contributed by atoms with E-state index < -0.39 is 17.8 Å². The van der Waals surface area contributed by atoms with Crippen LogP contribution in [0.5, 0.6) is 0 Å². The molecule has 0 saturated heterocycles. The summed E-state index contributed by atoms with van der Waals surface area (Å²) in [7, 11) is 1.72. The predicted molar refractivity (Wildman–Crippen MR) is 70.5 cm³/mol. The van der Waals surface area contributed by atoms with Crippen molar-refractivity contribution in [3.63, 3.8) is 0 Å². The minimum Gasteiger partial charge on any atom is -0.478 e. The number of aromatic carboxylic acids is 1. The highest BCUT2D eigenvalue weighted by molar-refractivity contribution is 6.36. The fraction of sp³-hybridized carbons (Fsp3) is 0.154. The van der Waals surface area contributed by atoms with Gasteiger partial charge in [-0.3, -0.25) is 4.79 Å². The van der Waals surface area contributed by atoms with E-state index >= 15 is 0 Å². The van der Waals surface area contributed by atoms with Crippen molar-refractivity contribution in [1.82, 2.24) is 5.32 Å². The normalized spacial score (nSPS) is 9.25. The van der Waals surface area contributed by atoms with E-state index in [4.69, 9.17) is 10.2 Å². The zero-order chi connectivity index (χ0) is 15.1. The summed E-state index contributed by atoms with van der Waals surface area (Å²) in [4.78, 5) is 32.6. The quantitative estimate of drug-likeness (QED) is 0.455. The van der Waals surface area contributed by atoms with Gasteiger partial charge in [0.25, 0.3) is 0 Å². The highest BCUT2D eigenvalue weighted by Crippen LogP contribution is 2.17. The fourth-order valence-electron chi connectivity index (χ4n) is 1.32. The number of carbonyl (C=O) groups is 3. The molecule has 4 N–H and O–H groups in total.